The summed E-state index contributed by atoms with van der Waals surface area (Å²) < 4.78 is 22.8. The van der Waals surface area contributed by atoms with Gasteiger partial charge in [0, 0.05) is 60.4 Å². The van der Waals surface area contributed by atoms with Crippen molar-refractivity contribution in [3.8, 4) is 23.3 Å². The normalized spacial score (nSPS) is 20.4. The van der Waals surface area contributed by atoms with E-state index in [0.717, 1.165) is 18.4 Å². The Morgan fingerprint density at radius 3 is 2.68 bits per heavy atom. The number of pyridine rings is 1. The molecule has 2 aromatic carbocycles. The maximum absolute atomic E-state index is 16.6. The SMILES string of the molecule is C=CC(=O)N1CCN(c2nc(OCC3CCN3C3CC3)nc3c(F)c(-c4cccc5cccc(Cl)c45)ncc23)C[C@@H]1CC#N. The standard InChI is InChI=1S/C33H31ClFN7O2/c1-2-27(43)42-16-15-40(18-22(42)11-13-36)32-25-17-37-30(24-7-3-5-20-6-4-8-26(34)28(20)24)29(35)31(25)38-33(39-32)44-19-23-12-14-41(23)21-9-10-21/h2-8,17,21-23H,1,9-12,14-16,18-19H2/t22-,23?/m0/s1. The number of rotatable bonds is 8. The molecule has 3 aliphatic rings. The number of anilines is 1. The van der Waals surface area contributed by atoms with Crippen LogP contribution in [0.3, 0.4) is 0 Å². The molecule has 1 unspecified atom stereocenters. The molecule has 2 atom stereocenters. The lowest BCUT2D eigenvalue weighted by Gasteiger charge is -2.41. The summed E-state index contributed by atoms with van der Waals surface area (Å²) in [5, 5.41) is 12.0. The molecule has 0 N–H and O–H groups in total. The Kier molecular flexibility index (Phi) is 7.52. The number of amides is 1. The Morgan fingerprint density at radius 2 is 1.95 bits per heavy atom. The van der Waals surface area contributed by atoms with Crippen molar-refractivity contribution in [2.75, 3.05) is 37.7 Å². The van der Waals surface area contributed by atoms with E-state index in [4.69, 9.17) is 21.3 Å². The highest BCUT2D eigenvalue weighted by atomic mass is 35.5. The Hall–Kier alpha value is -4.33. The van der Waals surface area contributed by atoms with Crippen molar-refractivity contribution in [3.63, 3.8) is 0 Å². The third kappa shape index (κ3) is 5.10. The van der Waals surface area contributed by atoms with E-state index < -0.39 is 5.82 Å². The van der Waals surface area contributed by atoms with Gasteiger partial charge in [0.1, 0.15) is 23.6 Å². The van der Waals surface area contributed by atoms with E-state index in [1.807, 2.05) is 29.2 Å². The van der Waals surface area contributed by atoms with Crippen molar-refractivity contribution in [2.45, 2.75) is 43.8 Å². The minimum Gasteiger partial charge on any atom is -0.462 e. The van der Waals surface area contributed by atoms with E-state index >= 15 is 4.39 Å². The van der Waals surface area contributed by atoms with Crippen molar-refractivity contribution < 1.29 is 13.9 Å². The molecule has 3 fully saturated rings. The molecule has 0 spiro atoms. The minimum atomic E-state index is -0.597. The smallest absolute Gasteiger partial charge is 0.319 e. The lowest BCUT2D eigenvalue weighted by molar-refractivity contribution is -0.128. The largest absolute Gasteiger partial charge is 0.462 e. The van der Waals surface area contributed by atoms with E-state index in [2.05, 4.69) is 27.5 Å². The van der Waals surface area contributed by atoms with Crippen LogP contribution in [0, 0.1) is 17.1 Å². The molecule has 224 valence electrons. The zero-order chi connectivity index (χ0) is 30.4. The van der Waals surface area contributed by atoms with Crippen LogP contribution in [0.1, 0.15) is 25.7 Å². The third-order valence-electron chi connectivity index (χ3n) is 8.93. The van der Waals surface area contributed by atoms with Gasteiger partial charge < -0.3 is 14.5 Å². The zero-order valence-electron chi connectivity index (χ0n) is 24.1. The van der Waals surface area contributed by atoms with E-state index in [9.17, 15) is 10.1 Å². The highest BCUT2D eigenvalue weighted by molar-refractivity contribution is 6.36. The van der Waals surface area contributed by atoms with Gasteiger partial charge in [-0.05, 0) is 36.8 Å². The molecule has 2 aromatic heterocycles. The highest BCUT2D eigenvalue weighted by Crippen LogP contribution is 2.38. The number of ether oxygens (including phenoxy) is 1. The first-order chi connectivity index (χ1) is 21.5. The molecule has 0 radical (unpaired) electrons. The van der Waals surface area contributed by atoms with Crippen LogP contribution in [0.2, 0.25) is 5.02 Å². The van der Waals surface area contributed by atoms with Gasteiger partial charge in [-0.3, -0.25) is 14.7 Å². The molecule has 4 heterocycles. The van der Waals surface area contributed by atoms with Gasteiger partial charge in [0.15, 0.2) is 5.82 Å². The summed E-state index contributed by atoms with van der Waals surface area (Å²) in [4.78, 5) is 32.5. The first-order valence-corrected chi connectivity index (χ1v) is 15.3. The fourth-order valence-electron chi connectivity index (χ4n) is 6.44. The number of benzene rings is 2. The number of halogens is 2. The maximum atomic E-state index is 16.6. The molecule has 11 heteroatoms. The van der Waals surface area contributed by atoms with Gasteiger partial charge in [0.05, 0.1) is 23.9 Å². The number of nitriles is 1. The predicted octanol–water partition coefficient (Wildman–Crippen LogP) is 5.37. The van der Waals surface area contributed by atoms with Gasteiger partial charge in [-0.2, -0.15) is 15.2 Å². The molecule has 44 heavy (non-hydrogen) atoms. The topological polar surface area (TPSA) is 98.5 Å². The second kappa shape index (κ2) is 11.6. The summed E-state index contributed by atoms with van der Waals surface area (Å²) >= 11 is 6.58. The molecule has 9 nitrogen and oxygen atoms in total. The van der Waals surface area contributed by atoms with Crippen LogP contribution >= 0.6 is 11.6 Å². The van der Waals surface area contributed by atoms with E-state index in [1.165, 1.54) is 18.9 Å². The number of carbonyl (C=O) groups excluding carboxylic acids is 1. The van der Waals surface area contributed by atoms with Crippen molar-refractivity contribution in [1.29, 1.82) is 5.26 Å². The van der Waals surface area contributed by atoms with Crippen LogP contribution in [-0.4, -0.2) is 81.6 Å². The first-order valence-electron chi connectivity index (χ1n) is 14.9. The Bertz CT molecular complexity index is 1820. The molecular weight excluding hydrogens is 581 g/mol. The van der Waals surface area contributed by atoms with Crippen LogP contribution in [0.5, 0.6) is 6.01 Å². The Morgan fingerprint density at radius 1 is 1.14 bits per heavy atom. The number of piperazine rings is 1. The van der Waals surface area contributed by atoms with Crippen molar-refractivity contribution in [1.82, 2.24) is 24.8 Å². The fraction of sp³-hybridized carbons (Fsp3) is 0.364. The molecule has 0 bridgehead atoms. The van der Waals surface area contributed by atoms with Crippen molar-refractivity contribution in [3.05, 3.63) is 66.1 Å². The lowest BCUT2D eigenvalue weighted by atomic mass is 10.0. The number of nitrogens with zero attached hydrogens (tertiary/aromatic N) is 7. The molecule has 4 aromatic rings. The lowest BCUT2D eigenvalue weighted by Crippen LogP contribution is -2.55. The summed E-state index contributed by atoms with van der Waals surface area (Å²) in [6.07, 6.45) is 6.46. The van der Waals surface area contributed by atoms with Crippen LogP contribution < -0.4 is 9.64 Å². The average Bonchev–Trinajstić information content (AvgIpc) is 3.85. The maximum Gasteiger partial charge on any atom is 0.319 e. The van der Waals surface area contributed by atoms with Crippen LogP contribution in [-0.2, 0) is 4.79 Å². The Labute approximate surface area is 259 Å². The quantitative estimate of drug-likeness (QED) is 0.245. The molecule has 1 saturated carbocycles. The van der Waals surface area contributed by atoms with Gasteiger partial charge >= 0.3 is 6.01 Å². The van der Waals surface area contributed by atoms with Gasteiger partial charge in [0.2, 0.25) is 5.91 Å². The van der Waals surface area contributed by atoms with Crippen LogP contribution in [0.4, 0.5) is 10.2 Å². The van der Waals surface area contributed by atoms with Crippen LogP contribution in [0.25, 0.3) is 32.9 Å². The van der Waals surface area contributed by atoms with Gasteiger partial charge in [-0.1, -0.05) is 48.5 Å². The fourth-order valence-corrected chi connectivity index (χ4v) is 6.72. The predicted molar refractivity (Wildman–Crippen MR) is 167 cm³/mol. The second-order valence-corrected chi connectivity index (χ2v) is 12.0. The van der Waals surface area contributed by atoms with Crippen molar-refractivity contribution in [2.24, 2.45) is 0 Å². The van der Waals surface area contributed by atoms with E-state index in [0.29, 0.717) is 59.5 Å². The van der Waals surface area contributed by atoms with Crippen molar-refractivity contribution >= 4 is 45.0 Å². The molecule has 2 saturated heterocycles. The molecule has 2 aliphatic heterocycles. The number of hydrogen-bond acceptors (Lipinski definition) is 8. The minimum absolute atomic E-state index is 0.0866. The van der Waals surface area contributed by atoms with E-state index in [1.54, 1.807) is 23.2 Å². The molecular formula is C33H31ClFN7O2. The zero-order valence-corrected chi connectivity index (χ0v) is 24.9. The molecule has 7 rings (SSSR count). The molecule has 1 amide bonds. The monoisotopic (exact) mass is 611 g/mol. The number of carbonyl (C=O) groups is 1. The summed E-state index contributed by atoms with van der Waals surface area (Å²) in [5.74, 6) is -0.366. The van der Waals surface area contributed by atoms with Crippen LogP contribution in [0.15, 0.2) is 55.3 Å². The highest BCUT2D eigenvalue weighted by Gasteiger charge is 2.40. The summed E-state index contributed by atoms with van der Waals surface area (Å²) in [5.41, 5.74) is 0.790. The summed E-state index contributed by atoms with van der Waals surface area (Å²) in [6, 6.07) is 13.9. The average molecular weight is 612 g/mol. The van der Waals surface area contributed by atoms with Gasteiger partial charge in [0.25, 0.3) is 0 Å². The number of hydrogen-bond donors (Lipinski definition) is 0. The number of fused-ring (bicyclic) bond motifs is 2. The van der Waals surface area contributed by atoms with E-state index in [-0.39, 0.29) is 41.6 Å². The second-order valence-electron chi connectivity index (χ2n) is 11.6. The first kappa shape index (κ1) is 28.4. The van der Waals surface area contributed by atoms with Gasteiger partial charge in [-0.15, -0.1) is 0 Å². The summed E-state index contributed by atoms with van der Waals surface area (Å²) in [7, 11) is 0. The van der Waals surface area contributed by atoms with Gasteiger partial charge in [-0.25, -0.2) is 4.39 Å². The third-order valence-corrected chi connectivity index (χ3v) is 9.24. The number of likely N-dealkylation sites (tertiary alicyclic amines) is 1. The summed E-state index contributed by atoms with van der Waals surface area (Å²) in [6.45, 7) is 6.20. The number of aromatic nitrogens is 3. The Balaban J connectivity index is 1.31. The molecule has 1 aliphatic carbocycles.